The number of ketones is 1. The molecular formula is C20H15BrN2O6S. The molecule has 0 saturated carbocycles. The number of carbonyl (C=O) groups excluding carboxylic acids is 1. The van der Waals surface area contributed by atoms with Crippen LogP contribution in [0.4, 0.5) is 11.4 Å². The third kappa shape index (κ3) is 5.43. The van der Waals surface area contributed by atoms with Crippen molar-refractivity contribution in [3.8, 4) is 11.3 Å². The van der Waals surface area contributed by atoms with E-state index in [1.165, 1.54) is 48.6 Å². The van der Waals surface area contributed by atoms with E-state index in [1.54, 1.807) is 18.2 Å². The number of nitro groups is 1. The van der Waals surface area contributed by atoms with Crippen LogP contribution in [0.2, 0.25) is 0 Å². The lowest BCUT2D eigenvalue weighted by Gasteiger charge is -2.03. The van der Waals surface area contributed by atoms with E-state index in [9.17, 15) is 23.3 Å². The van der Waals surface area contributed by atoms with Gasteiger partial charge in [-0.25, -0.2) is 8.42 Å². The van der Waals surface area contributed by atoms with Crippen molar-refractivity contribution in [1.29, 1.82) is 0 Å². The first kappa shape index (κ1) is 21.5. The van der Waals surface area contributed by atoms with E-state index in [-0.39, 0.29) is 11.5 Å². The maximum atomic E-state index is 12.3. The van der Waals surface area contributed by atoms with Gasteiger partial charge in [-0.3, -0.25) is 19.6 Å². The van der Waals surface area contributed by atoms with Crippen LogP contribution in [0.15, 0.2) is 69.6 Å². The normalized spacial score (nSPS) is 11.5. The summed E-state index contributed by atoms with van der Waals surface area (Å²) in [6.07, 6.45) is 3.89. The molecule has 154 valence electrons. The number of allylic oxidation sites excluding steroid dienone is 1. The molecule has 3 aromatic rings. The highest BCUT2D eigenvalue weighted by molar-refractivity contribution is 9.10. The highest BCUT2D eigenvalue weighted by Gasteiger charge is 2.13. The first-order valence-corrected chi connectivity index (χ1v) is 11.2. The highest BCUT2D eigenvalue weighted by Crippen LogP contribution is 2.32. The quantitative estimate of drug-likeness (QED) is 0.218. The summed E-state index contributed by atoms with van der Waals surface area (Å²) in [4.78, 5) is 22.7. The van der Waals surface area contributed by atoms with Gasteiger partial charge in [-0.2, -0.15) is 0 Å². The average Bonchev–Trinajstić information content (AvgIpc) is 3.14. The molecular weight excluding hydrogens is 476 g/mol. The van der Waals surface area contributed by atoms with Crippen molar-refractivity contribution in [2.75, 3.05) is 11.0 Å². The van der Waals surface area contributed by atoms with Gasteiger partial charge in [0.25, 0.3) is 5.69 Å². The van der Waals surface area contributed by atoms with E-state index in [4.69, 9.17) is 4.42 Å². The van der Waals surface area contributed by atoms with Crippen LogP contribution in [0.3, 0.4) is 0 Å². The summed E-state index contributed by atoms with van der Waals surface area (Å²) in [6.45, 7) is 0. The zero-order valence-corrected chi connectivity index (χ0v) is 17.9. The lowest BCUT2D eigenvalue weighted by atomic mass is 10.1. The molecule has 0 aliphatic heterocycles. The fourth-order valence-electron chi connectivity index (χ4n) is 2.58. The second kappa shape index (κ2) is 8.64. The summed E-state index contributed by atoms with van der Waals surface area (Å²) in [5.74, 6) is 0.634. The summed E-state index contributed by atoms with van der Waals surface area (Å²) in [5.41, 5.74) is 1.35. The molecule has 3 rings (SSSR count). The predicted molar refractivity (Wildman–Crippen MR) is 117 cm³/mol. The van der Waals surface area contributed by atoms with Gasteiger partial charge in [0.2, 0.25) is 10.0 Å². The van der Waals surface area contributed by atoms with Crippen LogP contribution < -0.4 is 4.72 Å². The van der Waals surface area contributed by atoms with Crippen molar-refractivity contribution in [3.63, 3.8) is 0 Å². The zero-order chi connectivity index (χ0) is 21.9. The second-order valence-electron chi connectivity index (χ2n) is 6.27. The minimum atomic E-state index is -3.38. The smallest absolute Gasteiger partial charge is 0.270 e. The second-order valence-corrected chi connectivity index (χ2v) is 8.88. The van der Waals surface area contributed by atoms with Crippen molar-refractivity contribution in [2.45, 2.75) is 0 Å². The Morgan fingerprint density at radius 1 is 1.13 bits per heavy atom. The van der Waals surface area contributed by atoms with Gasteiger partial charge >= 0.3 is 0 Å². The molecule has 10 heteroatoms. The minimum absolute atomic E-state index is 0.0411. The summed E-state index contributed by atoms with van der Waals surface area (Å²) in [5, 5.41) is 10.8. The van der Waals surface area contributed by atoms with E-state index in [1.807, 2.05) is 0 Å². The Hall–Kier alpha value is -3.24. The number of benzene rings is 2. The topological polar surface area (TPSA) is 120 Å². The van der Waals surface area contributed by atoms with Gasteiger partial charge in [0.15, 0.2) is 5.78 Å². The van der Waals surface area contributed by atoms with Crippen LogP contribution in [0.5, 0.6) is 0 Å². The Labute approximate surface area is 180 Å². The Bertz CT molecular complexity index is 1250. The van der Waals surface area contributed by atoms with Crippen molar-refractivity contribution < 1.29 is 22.6 Å². The van der Waals surface area contributed by atoms with E-state index in [0.29, 0.717) is 32.8 Å². The van der Waals surface area contributed by atoms with E-state index < -0.39 is 14.9 Å². The molecule has 0 spiro atoms. The van der Waals surface area contributed by atoms with Crippen LogP contribution in [-0.4, -0.2) is 25.4 Å². The van der Waals surface area contributed by atoms with Crippen molar-refractivity contribution in [2.24, 2.45) is 0 Å². The molecule has 0 amide bonds. The van der Waals surface area contributed by atoms with Gasteiger partial charge in [0, 0.05) is 33.4 Å². The Morgan fingerprint density at radius 2 is 1.83 bits per heavy atom. The van der Waals surface area contributed by atoms with Gasteiger partial charge in [0.1, 0.15) is 11.5 Å². The summed E-state index contributed by atoms with van der Waals surface area (Å²) in [6, 6.07) is 13.7. The molecule has 1 N–H and O–H groups in total. The number of nitro benzene ring substituents is 1. The Balaban J connectivity index is 1.72. The molecule has 1 aromatic heterocycles. The van der Waals surface area contributed by atoms with Crippen LogP contribution in [0, 0.1) is 10.1 Å². The molecule has 1 heterocycles. The molecule has 0 radical (unpaired) electrons. The van der Waals surface area contributed by atoms with Crippen molar-refractivity contribution >= 4 is 49.2 Å². The van der Waals surface area contributed by atoms with Gasteiger partial charge in [0.05, 0.1) is 11.2 Å². The monoisotopic (exact) mass is 490 g/mol. The molecule has 0 saturated heterocycles. The number of non-ortho nitro benzene ring substituents is 1. The molecule has 2 aromatic carbocycles. The van der Waals surface area contributed by atoms with E-state index in [2.05, 4.69) is 20.7 Å². The lowest BCUT2D eigenvalue weighted by molar-refractivity contribution is -0.384. The average molecular weight is 491 g/mol. The first-order valence-electron chi connectivity index (χ1n) is 8.47. The molecule has 30 heavy (non-hydrogen) atoms. The van der Waals surface area contributed by atoms with E-state index in [0.717, 1.165) is 6.26 Å². The molecule has 0 atom stereocenters. The fraction of sp³-hybridized carbons (Fsp3) is 0.0500. The van der Waals surface area contributed by atoms with Gasteiger partial charge in [-0.15, -0.1) is 0 Å². The number of rotatable bonds is 7. The van der Waals surface area contributed by atoms with Crippen LogP contribution >= 0.6 is 15.9 Å². The Morgan fingerprint density at radius 3 is 2.43 bits per heavy atom. The molecule has 0 bridgehead atoms. The lowest BCUT2D eigenvalue weighted by Crippen LogP contribution is -2.09. The number of anilines is 1. The van der Waals surface area contributed by atoms with Crippen LogP contribution in [0.25, 0.3) is 17.4 Å². The fourth-order valence-corrected chi connectivity index (χ4v) is 3.70. The molecule has 8 nitrogen and oxygen atoms in total. The van der Waals surface area contributed by atoms with Gasteiger partial charge < -0.3 is 4.42 Å². The Kier molecular flexibility index (Phi) is 6.18. The number of hydrogen-bond donors (Lipinski definition) is 1. The van der Waals surface area contributed by atoms with Crippen molar-refractivity contribution in [1.82, 2.24) is 0 Å². The maximum absolute atomic E-state index is 12.3. The highest BCUT2D eigenvalue weighted by atomic mass is 79.9. The molecule has 0 fully saturated rings. The number of nitrogens with one attached hydrogen (secondary N) is 1. The summed E-state index contributed by atoms with van der Waals surface area (Å²) >= 11 is 3.30. The number of carbonyl (C=O) groups is 1. The summed E-state index contributed by atoms with van der Waals surface area (Å²) < 4.78 is 31.0. The van der Waals surface area contributed by atoms with Gasteiger partial charge in [-0.1, -0.05) is 0 Å². The van der Waals surface area contributed by atoms with Gasteiger partial charge in [-0.05, 0) is 70.5 Å². The molecule has 0 aliphatic rings. The van der Waals surface area contributed by atoms with Crippen LogP contribution in [-0.2, 0) is 10.0 Å². The largest absolute Gasteiger partial charge is 0.457 e. The third-order valence-electron chi connectivity index (χ3n) is 3.93. The standard InChI is InChI=1S/C20H15BrN2O6S/c1-30(27,28)22-14-4-2-13(3-5-14)19(24)10-7-16-8-11-20(29-16)17-9-6-15(23(25)26)12-18(17)21/h2-12,22H,1H3. The predicted octanol–water partition coefficient (Wildman–Crippen LogP) is 4.88. The molecule has 0 unspecified atom stereocenters. The van der Waals surface area contributed by atoms with Crippen LogP contribution in [0.1, 0.15) is 16.1 Å². The maximum Gasteiger partial charge on any atom is 0.270 e. The number of halogens is 1. The number of sulfonamides is 1. The first-order chi connectivity index (χ1) is 14.1. The molecule has 0 aliphatic carbocycles. The zero-order valence-electron chi connectivity index (χ0n) is 15.5. The summed E-state index contributed by atoms with van der Waals surface area (Å²) in [7, 11) is -3.38. The SMILES string of the molecule is CS(=O)(=O)Nc1ccc(C(=O)C=Cc2ccc(-c3ccc([N+](=O)[O-])cc3Br)o2)cc1. The number of nitrogens with zero attached hydrogens (tertiary/aromatic N) is 1. The number of furan rings is 1. The van der Waals surface area contributed by atoms with E-state index >= 15 is 0 Å². The minimum Gasteiger partial charge on any atom is -0.457 e. The number of hydrogen-bond acceptors (Lipinski definition) is 6. The van der Waals surface area contributed by atoms with Crippen molar-refractivity contribution in [3.05, 3.63) is 86.6 Å². The third-order valence-corrected chi connectivity index (χ3v) is 5.19.